The number of amides is 1. The van der Waals surface area contributed by atoms with Crippen LogP contribution in [0.25, 0.3) is 0 Å². The van der Waals surface area contributed by atoms with Crippen LogP contribution in [0.4, 0.5) is 11.4 Å². The summed E-state index contributed by atoms with van der Waals surface area (Å²) < 4.78 is 5.31. The number of para-hydroxylation sites is 1. The molecule has 7 nitrogen and oxygen atoms in total. The highest BCUT2D eigenvalue weighted by Gasteiger charge is 2.61. The quantitative estimate of drug-likeness (QED) is 0.661. The average molecular weight is 439 g/mol. The Bertz CT molecular complexity index is 1260. The smallest absolute Gasteiger partial charge is 0.338 e. The number of hydrogen-bond donors (Lipinski definition) is 2. The summed E-state index contributed by atoms with van der Waals surface area (Å²) >= 11 is 12.3. The zero-order valence-corrected chi connectivity index (χ0v) is 16.7. The summed E-state index contributed by atoms with van der Waals surface area (Å²) in [6.45, 7) is -0.116. The normalized spacial score (nSPS) is 22.1. The van der Waals surface area contributed by atoms with Gasteiger partial charge in [0.25, 0.3) is 0 Å². The maximum absolute atomic E-state index is 13.3. The first-order valence-corrected chi connectivity index (χ1v) is 9.63. The fourth-order valence-electron chi connectivity index (χ4n) is 4.37. The number of nitrogens with two attached hydrogens (primary N) is 1. The number of carbonyl (C=O) groups is 2. The monoisotopic (exact) mass is 438 g/mol. The number of nitrogens with one attached hydrogen (secondary N) is 1. The molecule has 2 aromatic rings. The van der Waals surface area contributed by atoms with Gasteiger partial charge in [-0.1, -0.05) is 41.4 Å². The van der Waals surface area contributed by atoms with E-state index < -0.39 is 17.3 Å². The summed E-state index contributed by atoms with van der Waals surface area (Å²) in [4.78, 5) is 27.7. The van der Waals surface area contributed by atoms with Crippen LogP contribution in [0.15, 0.2) is 65.1 Å². The van der Waals surface area contributed by atoms with E-state index in [2.05, 4.69) is 11.4 Å². The van der Waals surface area contributed by atoms with Crippen LogP contribution in [0.1, 0.15) is 5.56 Å². The van der Waals surface area contributed by atoms with Crippen molar-refractivity contribution in [1.29, 1.82) is 5.26 Å². The van der Waals surface area contributed by atoms with Crippen molar-refractivity contribution in [2.45, 2.75) is 5.41 Å². The third kappa shape index (κ3) is 2.20. The Balaban J connectivity index is 1.87. The molecule has 148 valence electrons. The largest absolute Gasteiger partial charge is 0.456 e. The van der Waals surface area contributed by atoms with Crippen molar-refractivity contribution in [3.63, 3.8) is 0 Å². The molecule has 5 rings (SSSR count). The molecule has 0 aromatic heterocycles. The summed E-state index contributed by atoms with van der Waals surface area (Å²) in [6.07, 6.45) is 0. The molecule has 1 atom stereocenters. The van der Waals surface area contributed by atoms with Crippen LogP contribution in [-0.2, 0) is 19.7 Å². The molecule has 3 heterocycles. The van der Waals surface area contributed by atoms with Crippen LogP contribution in [0, 0.1) is 11.3 Å². The fourth-order valence-corrected chi connectivity index (χ4v) is 4.89. The number of anilines is 2. The Labute approximate surface area is 180 Å². The van der Waals surface area contributed by atoms with Gasteiger partial charge >= 0.3 is 5.97 Å². The SMILES string of the molecule is N#CC1=C(N)N(c2cc(Cl)cc(Cl)c2)C2=C(C(=O)OC2)[C@]12C(=O)Nc1ccccc12. The summed E-state index contributed by atoms with van der Waals surface area (Å²) in [5, 5.41) is 13.6. The Hall–Kier alpha value is -3.47. The van der Waals surface area contributed by atoms with Crippen molar-refractivity contribution < 1.29 is 14.3 Å². The molecule has 2 aromatic carbocycles. The molecule has 9 heteroatoms. The second kappa shape index (κ2) is 6.26. The van der Waals surface area contributed by atoms with Crippen molar-refractivity contribution in [3.8, 4) is 6.07 Å². The lowest BCUT2D eigenvalue weighted by Gasteiger charge is -2.38. The van der Waals surface area contributed by atoms with Gasteiger partial charge < -0.3 is 15.8 Å². The lowest BCUT2D eigenvalue weighted by atomic mass is 9.67. The van der Waals surface area contributed by atoms with E-state index >= 15 is 0 Å². The Morgan fingerprint density at radius 3 is 2.57 bits per heavy atom. The number of benzene rings is 2. The fraction of sp³-hybridized carbons (Fsp3) is 0.0952. The number of carbonyl (C=O) groups excluding carboxylic acids is 2. The first-order chi connectivity index (χ1) is 14.4. The van der Waals surface area contributed by atoms with E-state index in [0.717, 1.165) is 0 Å². The summed E-state index contributed by atoms with van der Waals surface area (Å²) in [5.41, 5.74) is 6.56. The minimum Gasteiger partial charge on any atom is -0.456 e. The molecule has 30 heavy (non-hydrogen) atoms. The lowest BCUT2D eigenvalue weighted by Crippen LogP contribution is -2.48. The van der Waals surface area contributed by atoms with Gasteiger partial charge in [-0.05, 0) is 24.3 Å². The number of hydrogen-bond acceptors (Lipinski definition) is 6. The third-order valence-corrected chi connectivity index (χ3v) is 5.92. The van der Waals surface area contributed by atoms with E-state index in [-0.39, 0.29) is 23.6 Å². The first-order valence-electron chi connectivity index (χ1n) is 8.88. The minimum absolute atomic E-state index is 0.000244. The second-order valence-corrected chi connectivity index (χ2v) is 7.86. The van der Waals surface area contributed by atoms with Crippen LogP contribution in [0.5, 0.6) is 0 Å². The van der Waals surface area contributed by atoms with Gasteiger partial charge in [0.05, 0.1) is 22.5 Å². The number of nitriles is 1. The van der Waals surface area contributed by atoms with Gasteiger partial charge in [0.15, 0.2) is 0 Å². The van der Waals surface area contributed by atoms with E-state index in [1.54, 1.807) is 42.5 Å². The van der Waals surface area contributed by atoms with E-state index in [1.807, 2.05) is 0 Å². The molecule has 1 amide bonds. The molecule has 0 saturated carbocycles. The molecule has 0 unspecified atom stereocenters. The van der Waals surface area contributed by atoms with Gasteiger partial charge in [-0.2, -0.15) is 5.26 Å². The van der Waals surface area contributed by atoms with Crippen LogP contribution in [0.3, 0.4) is 0 Å². The van der Waals surface area contributed by atoms with Crippen molar-refractivity contribution in [2.24, 2.45) is 5.73 Å². The Morgan fingerprint density at radius 1 is 1.17 bits per heavy atom. The maximum Gasteiger partial charge on any atom is 0.338 e. The number of fused-ring (bicyclic) bond motifs is 3. The lowest BCUT2D eigenvalue weighted by molar-refractivity contribution is -0.137. The van der Waals surface area contributed by atoms with Crippen molar-refractivity contribution in [2.75, 3.05) is 16.8 Å². The molecule has 3 N–H and O–H groups in total. The molecule has 0 radical (unpaired) electrons. The zero-order chi connectivity index (χ0) is 21.2. The van der Waals surface area contributed by atoms with Gasteiger partial charge in [0.2, 0.25) is 5.91 Å². The number of nitrogens with zero attached hydrogens (tertiary/aromatic N) is 2. The molecule has 0 bridgehead atoms. The second-order valence-electron chi connectivity index (χ2n) is 6.98. The molecule has 0 fully saturated rings. The van der Waals surface area contributed by atoms with Crippen LogP contribution in [-0.4, -0.2) is 18.5 Å². The minimum atomic E-state index is -1.68. The van der Waals surface area contributed by atoms with Crippen molar-refractivity contribution >= 4 is 46.5 Å². The molecule has 3 aliphatic rings. The van der Waals surface area contributed by atoms with Gasteiger partial charge in [-0.3, -0.25) is 9.69 Å². The van der Waals surface area contributed by atoms with E-state index in [4.69, 9.17) is 33.7 Å². The highest BCUT2D eigenvalue weighted by atomic mass is 35.5. The first kappa shape index (κ1) is 18.6. The highest BCUT2D eigenvalue weighted by molar-refractivity contribution is 6.35. The maximum atomic E-state index is 13.3. The van der Waals surface area contributed by atoms with E-state index in [9.17, 15) is 14.9 Å². The van der Waals surface area contributed by atoms with Crippen molar-refractivity contribution in [3.05, 3.63) is 80.7 Å². The highest BCUT2D eigenvalue weighted by Crippen LogP contribution is 2.54. The average Bonchev–Trinajstić information content (AvgIpc) is 3.20. The Kier molecular flexibility index (Phi) is 3.87. The number of halogens is 2. The number of esters is 1. The van der Waals surface area contributed by atoms with Gasteiger partial charge in [-0.25, -0.2) is 4.79 Å². The molecule has 1 spiro atoms. The van der Waals surface area contributed by atoms with Gasteiger partial charge in [0, 0.05) is 21.3 Å². The topological polar surface area (TPSA) is 108 Å². The zero-order valence-electron chi connectivity index (χ0n) is 15.2. The van der Waals surface area contributed by atoms with Crippen LogP contribution >= 0.6 is 23.2 Å². The number of ether oxygens (including phenoxy) is 1. The predicted octanol–water partition coefficient (Wildman–Crippen LogP) is 3.21. The summed E-state index contributed by atoms with van der Waals surface area (Å²) in [6, 6.07) is 13.7. The number of rotatable bonds is 1. The molecule has 0 aliphatic carbocycles. The van der Waals surface area contributed by atoms with E-state index in [1.165, 1.54) is 4.90 Å². The number of cyclic esters (lactones) is 1. The standard InChI is InChI=1S/C21H12Cl2N4O3/c22-10-5-11(23)7-12(6-10)27-16-9-30-19(28)17(16)21(14(8-24)18(27)25)13-3-1-2-4-15(13)26-20(21)29/h1-7H,9,25H2,(H,26,29)/t21-/m1/s1. The van der Waals surface area contributed by atoms with Gasteiger partial charge in [-0.15, -0.1) is 0 Å². The molecule has 3 aliphatic heterocycles. The third-order valence-electron chi connectivity index (χ3n) is 5.49. The van der Waals surface area contributed by atoms with E-state index in [0.29, 0.717) is 32.7 Å². The Morgan fingerprint density at radius 2 is 1.87 bits per heavy atom. The molecule has 0 saturated heterocycles. The predicted molar refractivity (Wildman–Crippen MR) is 111 cm³/mol. The summed E-state index contributed by atoms with van der Waals surface area (Å²) in [7, 11) is 0. The van der Waals surface area contributed by atoms with Crippen molar-refractivity contribution in [1.82, 2.24) is 0 Å². The van der Waals surface area contributed by atoms with Crippen LogP contribution in [0.2, 0.25) is 10.0 Å². The van der Waals surface area contributed by atoms with Crippen LogP contribution < -0.4 is 16.0 Å². The summed E-state index contributed by atoms with van der Waals surface area (Å²) in [5.74, 6) is -1.21. The van der Waals surface area contributed by atoms with Gasteiger partial charge in [0.1, 0.15) is 23.9 Å². The molecular formula is C21H12Cl2N4O3. The molecular weight excluding hydrogens is 427 g/mol.